The van der Waals surface area contributed by atoms with Crippen LogP contribution in [-0.4, -0.2) is 35.5 Å². The molecular formula is C8H8N4O3S. The van der Waals surface area contributed by atoms with Gasteiger partial charge in [0.2, 0.25) is 10.0 Å². The Kier molecular flexibility index (Phi) is 2.35. The van der Waals surface area contributed by atoms with Gasteiger partial charge in [-0.3, -0.25) is 4.79 Å². The van der Waals surface area contributed by atoms with Crippen molar-refractivity contribution in [2.75, 3.05) is 6.26 Å². The molecule has 0 saturated heterocycles. The van der Waals surface area contributed by atoms with Crippen LogP contribution >= 0.6 is 0 Å². The Morgan fingerprint density at radius 3 is 2.88 bits per heavy atom. The molecule has 2 aromatic rings. The van der Waals surface area contributed by atoms with Gasteiger partial charge in [0.25, 0.3) is 5.91 Å². The molecule has 0 aliphatic carbocycles. The van der Waals surface area contributed by atoms with Crippen LogP contribution in [0.5, 0.6) is 0 Å². The molecule has 0 unspecified atom stereocenters. The lowest BCUT2D eigenvalue weighted by atomic mass is 10.3. The number of carbonyl (C=O) groups is 1. The summed E-state index contributed by atoms with van der Waals surface area (Å²) in [5.41, 5.74) is 1.23. The lowest BCUT2D eigenvalue weighted by Gasteiger charge is -2.01. The third-order valence-electron chi connectivity index (χ3n) is 1.82. The third kappa shape index (κ3) is 2.16. The van der Waals surface area contributed by atoms with Crippen molar-refractivity contribution in [3.63, 3.8) is 0 Å². The van der Waals surface area contributed by atoms with E-state index in [1.54, 1.807) is 0 Å². The van der Waals surface area contributed by atoms with Gasteiger partial charge in [-0.1, -0.05) is 0 Å². The van der Waals surface area contributed by atoms with Gasteiger partial charge in [-0.05, 0) is 6.07 Å². The average molecular weight is 240 g/mol. The number of amides is 1. The van der Waals surface area contributed by atoms with Crippen molar-refractivity contribution in [3.8, 4) is 0 Å². The fourth-order valence-electron chi connectivity index (χ4n) is 1.18. The molecule has 2 aromatic heterocycles. The minimum atomic E-state index is -3.58. The first-order valence-electron chi connectivity index (χ1n) is 4.27. The molecule has 0 aliphatic heterocycles. The van der Waals surface area contributed by atoms with Gasteiger partial charge in [0, 0.05) is 0 Å². The van der Waals surface area contributed by atoms with E-state index in [2.05, 4.69) is 15.0 Å². The van der Waals surface area contributed by atoms with E-state index >= 15 is 0 Å². The molecule has 84 valence electrons. The summed E-state index contributed by atoms with van der Waals surface area (Å²) in [6.45, 7) is 0. The van der Waals surface area contributed by atoms with Crippen LogP contribution in [0, 0.1) is 0 Å². The Labute approximate surface area is 91.0 Å². The second kappa shape index (κ2) is 3.56. The van der Waals surface area contributed by atoms with E-state index in [1.807, 2.05) is 4.72 Å². The van der Waals surface area contributed by atoms with Gasteiger partial charge in [0.05, 0.1) is 29.8 Å². The van der Waals surface area contributed by atoms with E-state index in [0.29, 0.717) is 11.0 Å². The average Bonchev–Trinajstić information content (AvgIpc) is 2.61. The monoisotopic (exact) mass is 240 g/mol. The normalized spacial score (nSPS) is 11.6. The number of pyridine rings is 1. The molecule has 7 nitrogen and oxygen atoms in total. The van der Waals surface area contributed by atoms with Gasteiger partial charge in [-0.2, -0.15) is 0 Å². The van der Waals surface area contributed by atoms with Crippen LogP contribution in [0.3, 0.4) is 0 Å². The van der Waals surface area contributed by atoms with E-state index in [-0.39, 0.29) is 5.69 Å². The van der Waals surface area contributed by atoms with Crippen molar-refractivity contribution in [3.05, 3.63) is 24.3 Å². The summed E-state index contributed by atoms with van der Waals surface area (Å²) in [6.07, 6.45) is 3.78. The fourth-order valence-corrected chi connectivity index (χ4v) is 1.62. The zero-order valence-corrected chi connectivity index (χ0v) is 9.08. The zero-order chi connectivity index (χ0) is 11.8. The number of sulfonamides is 1. The van der Waals surface area contributed by atoms with Crippen molar-refractivity contribution in [2.24, 2.45) is 0 Å². The first-order valence-corrected chi connectivity index (χ1v) is 6.16. The molecule has 2 N–H and O–H groups in total. The summed E-state index contributed by atoms with van der Waals surface area (Å²) in [6, 6.07) is 1.41. The summed E-state index contributed by atoms with van der Waals surface area (Å²) in [5.74, 6) is -0.771. The van der Waals surface area contributed by atoms with Gasteiger partial charge in [-0.25, -0.2) is 23.1 Å². The molecule has 0 bridgehead atoms. The Morgan fingerprint density at radius 2 is 2.19 bits per heavy atom. The largest absolute Gasteiger partial charge is 0.343 e. The van der Waals surface area contributed by atoms with Crippen LogP contribution in [0.1, 0.15) is 10.5 Å². The fraction of sp³-hybridized carbons (Fsp3) is 0.125. The van der Waals surface area contributed by atoms with Crippen LogP contribution in [-0.2, 0) is 10.0 Å². The van der Waals surface area contributed by atoms with Crippen LogP contribution in [0.25, 0.3) is 11.0 Å². The second-order valence-electron chi connectivity index (χ2n) is 3.19. The van der Waals surface area contributed by atoms with Crippen molar-refractivity contribution in [1.82, 2.24) is 19.7 Å². The van der Waals surface area contributed by atoms with Crippen molar-refractivity contribution >= 4 is 27.0 Å². The third-order valence-corrected chi connectivity index (χ3v) is 2.37. The number of hydrogen-bond donors (Lipinski definition) is 2. The molecular weight excluding hydrogens is 232 g/mol. The maximum absolute atomic E-state index is 11.4. The van der Waals surface area contributed by atoms with Crippen LogP contribution in [0.15, 0.2) is 18.6 Å². The molecule has 0 aliphatic rings. The standard InChI is InChI=1S/C8H8N4O3S/c1-16(14,15)12-8(13)6-2-5-7(3-9-6)11-4-10-5/h2-4H,1H3,(H,10,11)(H,12,13). The predicted molar refractivity (Wildman–Crippen MR) is 56.2 cm³/mol. The summed E-state index contributed by atoms with van der Waals surface area (Å²) in [5, 5.41) is 0. The van der Waals surface area contributed by atoms with Gasteiger partial charge in [-0.15, -0.1) is 0 Å². The highest BCUT2D eigenvalue weighted by molar-refractivity contribution is 7.89. The number of imidazole rings is 1. The second-order valence-corrected chi connectivity index (χ2v) is 4.94. The molecule has 0 saturated carbocycles. The van der Waals surface area contributed by atoms with E-state index in [0.717, 1.165) is 6.26 Å². The van der Waals surface area contributed by atoms with E-state index < -0.39 is 15.9 Å². The number of aromatic nitrogens is 3. The minimum Gasteiger partial charge on any atom is -0.343 e. The first kappa shape index (κ1) is 10.6. The highest BCUT2D eigenvalue weighted by Crippen LogP contribution is 2.08. The number of hydrogen-bond acceptors (Lipinski definition) is 5. The highest BCUT2D eigenvalue weighted by atomic mass is 32.2. The molecule has 0 radical (unpaired) electrons. The number of rotatable bonds is 2. The maximum Gasteiger partial charge on any atom is 0.283 e. The molecule has 0 spiro atoms. The van der Waals surface area contributed by atoms with E-state index in [4.69, 9.17) is 0 Å². The number of carbonyl (C=O) groups excluding carboxylic acids is 1. The van der Waals surface area contributed by atoms with Gasteiger partial charge in [0.1, 0.15) is 5.69 Å². The van der Waals surface area contributed by atoms with Crippen LogP contribution in [0.4, 0.5) is 0 Å². The van der Waals surface area contributed by atoms with Crippen molar-refractivity contribution in [1.29, 1.82) is 0 Å². The summed E-state index contributed by atoms with van der Waals surface area (Å²) in [7, 11) is -3.58. The first-order chi connectivity index (χ1) is 7.46. The molecule has 0 aromatic carbocycles. The Balaban J connectivity index is 2.36. The van der Waals surface area contributed by atoms with E-state index in [9.17, 15) is 13.2 Å². The number of nitrogens with one attached hydrogen (secondary N) is 2. The SMILES string of the molecule is CS(=O)(=O)NC(=O)c1cc2nc[nH]c2cn1. The Hall–Kier alpha value is -1.96. The Morgan fingerprint density at radius 1 is 1.44 bits per heavy atom. The topological polar surface area (TPSA) is 105 Å². The quantitative estimate of drug-likeness (QED) is 0.746. The van der Waals surface area contributed by atoms with Crippen LogP contribution < -0.4 is 4.72 Å². The Bertz CT molecular complexity index is 646. The smallest absolute Gasteiger partial charge is 0.283 e. The molecule has 2 rings (SSSR count). The maximum atomic E-state index is 11.4. The summed E-state index contributed by atoms with van der Waals surface area (Å²) >= 11 is 0. The molecule has 1 amide bonds. The number of H-pyrrole nitrogens is 1. The molecule has 2 heterocycles. The number of aromatic amines is 1. The predicted octanol–water partition coefficient (Wildman–Crippen LogP) is -0.353. The highest BCUT2D eigenvalue weighted by Gasteiger charge is 2.13. The molecule has 0 fully saturated rings. The van der Waals surface area contributed by atoms with Crippen LogP contribution in [0.2, 0.25) is 0 Å². The molecule has 8 heteroatoms. The molecule has 0 atom stereocenters. The number of nitrogens with zero attached hydrogens (tertiary/aromatic N) is 2. The zero-order valence-electron chi connectivity index (χ0n) is 8.26. The minimum absolute atomic E-state index is 0.00465. The molecule has 16 heavy (non-hydrogen) atoms. The van der Waals surface area contributed by atoms with Gasteiger partial charge < -0.3 is 4.98 Å². The number of fused-ring (bicyclic) bond motifs is 1. The van der Waals surface area contributed by atoms with Gasteiger partial charge >= 0.3 is 0 Å². The van der Waals surface area contributed by atoms with Crippen molar-refractivity contribution < 1.29 is 13.2 Å². The summed E-state index contributed by atoms with van der Waals surface area (Å²) < 4.78 is 23.5. The van der Waals surface area contributed by atoms with Crippen molar-refractivity contribution in [2.45, 2.75) is 0 Å². The lowest BCUT2D eigenvalue weighted by Crippen LogP contribution is -2.29. The lowest BCUT2D eigenvalue weighted by molar-refractivity contribution is 0.0977. The summed E-state index contributed by atoms with van der Waals surface area (Å²) in [4.78, 5) is 22.0. The van der Waals surface area contributed by atoms with E-state index in [1.165, 1.54) is 18.6 Å². The van der Waals surface area contributed by atoms with Gasteiger partial charge in [0.15, 0.2) is 0 Å².